The van der Waals surface area contributed by atoms with Crippen molar-refractivity contribution >= 4 is 46.7 Å². The van der Waals surface area contributed by atoms with Crippen LogP contribution in [0.4, 0.5) is 5.82 Å². The fraction of sp³-hybridized carbons (Fsp3) is 0.474. The van der Waals surface area contributed by atoms with Gasteiger partial charge in [-0.05, 0) is 45.4 Å². The lowest BCUT2D eigenvalue weighted by Gasteiger charge is -2.24. The van der Waals surface area contributed by atoms with Crippen LogP contribution in [0, 0.1) is 0 Å². The minimum Gasteiger partial charge on any atom is -0.363 e. The second kappa shape index (κ2) is 9.22. The standard InChI is InChI=1S/C19H29N5.HI/c1-7-20-18(23-19(2,3)4)21-13-14-12-17(24(5)6)22-16-11-9-8-10-15(14)16;/h8-12H,7,13H2,1-6H3,(H2,20,21,23);1H. The number of guanidine groups is 1. The van der Waals surface area contributed by atoms with Gasteiger partial charge in [0.15, 0.2) is 5.96 Å². The Hall–Kier alpha value is -1.57. The van der Waals surface area contributed by atoms with Crippen molar-refractivity contribution in [1.82, 2.24) is 15.6 Å². The molecule has 2 rings (SSSR count). The zero-order chi connectivity index (χ0) is 17.7. The number of benzene rings is 1. The van der Waals surface area contributed by atoms with Crippen molar-refractivity contribution in [3.8, 4) is 0 Å². The van der Waals surface area contributed by atoms with Crippen LogP contribution in [-0.4, -0.2) is 37.1 Å². The molecule has 0 amide bonds. The van der Waals surface area contributed by atoms with E-state index in [-0.39, 0.29) is 29.5 Å². The predicted octanol–water partition coefficient (Wildman–Crippen LogP) is 3.77. The number of fused-ring (bicyclic) bond motifs is 1. The van der Waals surface area contributed by atoms with E-state index in [1.807, 2.05) is 37.2 Å². The number of aromatic nitrogens is 1. The highest BCUT2D eigenvalue weighted by Gasteiger charge is 2.12. The van der Waals surface area contributed by atoms with Gasteiger partial charge in [-0.25, -0.2) is 9.98 Å². The van der Waals surface area contributed by atoms with Crippen LogP contribution in [0.15, 0.2) is 35.3 Å². The Morgan fingerprint density at radius 2 is 1.88 bits per heavy atom. The molecule has 1 aromatic heterocycles. The van der Waals surface area contributed by atoms with E-state index in [1.54, 1.807) is 0 Å². The molecule has 6 heteroatoms. The molecule has 0 bridgehead atoms. The zero-order valence-corrected chi connectivity index (χ0v) is 18.4. The molecule has 0 fully saturated rings. The smallest absolute Gasteiger partial charge is 0.191 e. The number of para-hydroxylation sites is 1. The summed E-state index contributed by atoms with van der Waals surface area (Å²) in [6.07, 6.45) is 0. The molecule has 0 saturated heterocycles. The summed E-state index contributed by atoms with van der Waals surface area (Å²) in [7, 11) is 4.02. The molecule has 25 heavy (non-hydrogen) atoms. The highest BCUT2D eigenvalue weighted by molar-refractivity contribution is 14.0. The highest BCUT2D eigenvalue weighted by Crippen LogP contribution is 2.22. The molecular formula is C19H30IN5. The minimum atomic E-state index is -0.0316. The summed E-state index contributed by atoms with van der Waals surface area (Å²) in [5, 5.41) is 7.88. The van der Waals surface area contributed by atoms with Gasteiger partial charge in [0.05, 0.1) is 12.1 Å². The van der Waals surface area contributed by atoms with E-state index in [4.69, 9.17) is 9.98 Å². The molecule has 0 atom stereocenters. The number of hydrogen-bond donors (Lipinski definition) is 2. The van der Waals surface area contributed by atoms with Gasteiger partial charge in [0.2, 0.25) is 0 Å². The summed E-state index contributed by atoms with van der Waals surface area (Å²) in [6, 6.07) is 10.3. The summed E-state index contributed by atoms with van der Waals surface area (Å²) in [6.45, 7) is 9.91. The number of halogens is 1. The fourth-order valence-electron chi connectivity index (χ4n) is 2.42. The fourth-order valence-corrected chi connectivity index (χ4v) is 2.42. The number of hydrogen-bond acceptors (Lipinski definition) is 3. The lowest BCUT2D eigenvalue weighted by molar-refractivity contribution is 0.501. The maximum Gasteiger partial charge on any atom is 0.191 e. The van der Waals surface area contributed by atoms with Gasteiger partial charge in [-0.15, -0.1) is 24.0 Å². The first-order valence-electron chi connectivity index (χ1n) is 8.42. The molecule has 0 spiro atoms. The molecule has 0 aliphatic carbocycles. The van der Waals surface area contributed by atoms with Gasteiger partial charge in [-0.1, -0.05) is 18.2 Å². The molecule has 0 radical (unpaired) electrons. The minimum absolute atomic E-state index is 0. The largest absolute Gasteiger partial charge is 0.363 e. The summed E-state index contributed by atoms with van der Waals surface area (Å²) in [5.41, 5.74) is 2.15. The molecule has 0 aliphatic rings. The average molecular weight is 455 g/mol. The number of nitrogens with zero attached hydrogens (tertiary/aromatic N) is 3. The maximum absolute atomic E-state index is 4.77. The van der Waals surface area contributed by atoms with Crippen LogP contribution >= 0.6 is 24.0 Å². The first-order chi connectivity index (χ1) is 11.3. The molecule has 0 aliphatic heterocycles. The van der Waals surface area contributed by atoms with Gasteiger partial charge < -0.3 is 15.5 Å². The molecule has 5 nitrogen and oxygen atoms in total. The number of pyridine rings is 1. The third-order valence-corrected chi connectivity index (χ3v) is 3.49. The molecule has 2 N–H and O–H groups in total. The SMILES string of the molecule is CCNC(=NCc1cc(N(C)C)nc2ccccc12)NC(C)(C)C.I. The Kier molecular flexibility index (Phi) is 7.92. The number of anilines is 1. The Bertz CT molecular complexity index is 719. The Balaban J connectivity index is 0.00000312. The quantitative estimate of drug-likeness (QED) is 0.419. The summed E-state index contributed by atoms with van der Waals surface area (Å²) in [5.74, 6) is 1.78. The van der Waals surface area contributed by atoms with Gasteiger partial charge >= 0.3 is 0 Å². The molecule has 0 unspecified atom stereocenters. The predicted molar refractivity (Wildman–Crippen MR) is 119 cm³/mol. The second-order valence-corrected chi connectivity index (χ2v) is 7.12. The molecule has 1 heterocycles. The lowest BCUT2D eigenvalue weighted by atomic mass is 10.1. The van der Waals surface area contributed by atoms with Crippen LogP contribution in [-0.2, 0) is 6.54 Å². The van der Waals surface area contributed by atoms with Gasteiger partial charge in [0.25, 0.3) is 0 Å². The monoisotopic (exact) mass is 455 g/mol. The topological polar surface area (TPSA) is 52.6 Å². The second-order valence-electron chi connectivity index (χ2n) is 7.12. The van der Waals surface area contributed by atoms with E-state index in [1.165, 1.54) is 5.56 Å². The Morgan fingerprint density at radius 1 is 1.20 bits per heavy atom. The Labute approximate surface area is 168 Å². The zero-order valence-electron chi connectivity index (χ0n) is 16.1. The number of rotatable bonds is 4. The van der Waals surface area contributed by atoms with Crippen LogP contribution < -0.4 is 15.5 Å². The van der Waals surface area contributed by atoms with Crippen molar-refractivity contribution in [3.63, 3.8) is 0 Å². The van der Waals surface area contributed by atoms with E-state index in [9.17, 15) is 0 Å². The first kappa shape index (κ1) is 21.5. The van der Waals surface area contributed by atoms with E-state index in [0.29, 0.717) is 6.54 Å². The number of aliphatic imine (C=N–C) groups is 1. The van der Waals surface area contributed by atoms with Gasteiger partial charge in [-0.2, -0.15) is 0 Å². The van der Waals surface area contributed by atoms with Crippen molar-refractivity contribution in [2.24, 2.45) is 4.99 Å². The van der Waals surface area contributed by atoms with Crippen LogP contribution in [0.25, 0.3) is 10.9 Å². The van der Waals surface area contributed by atoms with Crippen LogP contribution in [0.2, 0.25) is 0 Å². The maximum atomic E-state index is 4.77. The van der Waals surface area contributed by atoms with Gasteiger partial charge in [0.1, 0.15) is 5.82 Å². The highest BCUT2D eigenvalue weighted by atomic mass is 127. The molecule has 1 aromatic carbocycles. The van der Waals surface area contributed by atoms with E-state index in [2.05, 4.69) is 50.5 Å². The van der Waals surface area contributed by atoms with E-state index in [0.717, 1.165) is 29.2 Å². The van der Waals surface area contributed by atoms with Gasteiger partial charge in [0, 0.05) is 31.6 Å². The third-order valence-electron chi connectivity index (χ3n) is 3.49. The molecule has 138 valence electrons. The van der Waals surface area contributed by atoms with Crippen LogP contribution in [0.1, 0.15) is 33.3 Å². The first-order valence-corrected chi connectivity index (χ1v) is 8.42. The summed E-state index contributed by atoms with van der Waals surface area (Å²) in [4.78, 5) is 11.5. The van der Waals surface area contributed by atoms with E-state index < -0.39 is 0 Å². The van der Waals surface area contributed by atoms with Crippen molar-refractivity contribution in [3.05, 3.63) is 35.9 Å². The van der Waals surface area contributed by atoms with E-state index >= 15 is 0 Å². The Morgan fingerprint density at radius 3 is 2.48 bits per heavy atom. The normalized spacial score (nSPS) is 11.8. The molecule has 0 saturated carbocycles. The summed E-state index contributed by atoms with van der Waals surface area (Å²) >= 11 is 0. The lowest BCUT2D eigenvalue weighted by Crippen LogP contribution is -2.47. The van der Waals surface area contributed by atoms with Crippen LogP contribution in [0.5, 0.6) is 0 Å². The summed E-state index contributed by atoms with van der Waals surface area (Å²) < 4.78 is 0. The van der Waals surface area contributed by atoms with Crippen molar-refractivity contribution in [1.29, 1.82) is 0 Å². The average Bonchev–Trinajstić information content (AvgIpc) is 2.50. The third kappa shape index (κ3) is 6.34. The number of nitrogens with one attached hydrogen (secondary N) is 2. The van der Waals surface area contributed by atoms with Crippen LogP contribution in [0.3, 0.4) is 0 Å². The van der Waals surface area contributed by atoms with Gasteiger partial charge in [-0.3, -0.25) is 0 Å². The van der Waals surface area contributed by atoms with Crippen molar-refractivity contribution in [2.75, 3.05) is 25.5 Å². The van der Waals surface area contributed by atoms with Crippen molar-refractivity contribution in [2.45, 2.75) is 39.8 Å². The molecule has 2 aromatic rings. The molecular weight excluding hydrogens is 425 g/mol. The van der Waals surface area contributed by atoms with Crippen molar-refractivity contribution < 1.29 is 0 Å².